The summed E-state index contributed by atoms with van der Waals surface area (Å²) in [6.45, 7) is -3.77. The Morgan fingerprint density at radius 1 is 0.359 bits per heavy atom. The largest absolute Gasteiger partial charge is 0.479 e. The van der Waals surface area contributed by atoms with E-state index in [1.807, 2.05) is 36.4 Å². The number of hydrogen-bond donors (Lipinski definition) is 28. The van der Waals surface area contributed by atoms with Crippen molar-refractivity contribution in [3.8, 4) is 0 Å². The molecule has 0 bridgehead atoms. The zero-order valence-corrected chi connectivity index (χ0v) is 77.5. The van der Waals surface area contributed by atoms with Crippen molar-refractivity contribution in [3.05, 3.63) is 84.9 Å². The number of aliphatic carboxylic acids is 2. The van der Waals surface area contributed by atoms with Crippen LogP contribution in [0.2, 0.25) is 0 Å². The van der Waals surface area contributed by atoms with Crippen LogP contribution >= 0.6 is 0 Å². The van der Waals surface area contributed by atoms with E-state index in [2.05, 4.69) is 30.7 Å². The quantitative estimate of drug-likeness (QED) is 0.0183. The first-order valence-electron chi connectivity index (χ1n) is 46.8. The molecular formula is C90H132N4O48. The zero-order valence-electron chi connectivity index (χ0n) is 77.5. The fourth-order valence-corrected chi connectivity index (χ4v) is 19.1. The molecule has 13 rings (SSSR count). The zero-order chi connectivity index (χ0) is 103. The normalized spacial score (nSPS) is 40.4. The number of carboxylic acid groups (broad SMARTS) is 2. The number of carbonyl (C=O) groups is 4. The van der Waals surface area contributed by atoms with Crippen LogP contribution in [0.15, 0.2) is 84.9 Å². The molecule has 52 heteroatoms. The van der Waals surface area contributed by atoms with Crippen molar-refractivity contribution in [3.63, 3.8) is 0 Å². The minimum atomic E-state index is -2.37. The molecule has 4 aromatic rings. The Balaban J connectivity index is 0.700. The van der Waals surface area contributed by atoms with Gasteiger partial charge in [-0.2, -0.15) is 0 Å². The SMILES string of the molecule is COC(=O)N[C@@H]1C(O)C(OC2C(O)[C@H](O[C@@H]3C(CO)O[C@@H](OCCCO[C@@H]4CCC[C@H](OCCCO[C@@H]5OC(CO)[C@@H](O[C@@H]6OC(CO)[C@H](O)C(OC7C(O)[C@@H](NC(=O)OC)C([C@H](O)[C@H](O)CO)O[C@H]7C(=O)O)C6O)C(O[C@@H]6OC(C)[C@H](O)C(O)C6O)C5Nc5ccc6ccccc6c5)C4)C(Nc4ccc5ccccc5c4)C3O[C@@H]3OC(C)[C@H](O)C(O)C3O)OC(CO)[C@@H]2O)[C@H](C(=O)O)OC1[C@H](O)[C@H](O)CO. The molecule has 9 fully saturated rings. The summed E-state index contributed by atoms with van der Waals surface area (Å²) in [6.07, 6.45) is -78.9. The Labute approximate surface area is 811 Å². The molecule has 1 saturated carbocycles. The van der Waals surface area contributed by atoms with Crippen LogP contribution in [0.1, 0.15) is 52.4 Å². The van der Waals surface area contributed by atoms with Crippen LogP contribution in [0, 0.1) is 0 Å². The molecule has 8 heterocycles. The summed E-state index contributed by atoms with van der Waals surface area (Å²) >= 11 is 0. The van der Waals surface area contributed by atoms with Gasteiger partial charge in [-0.05, 0) is 98.2 Å². The van der Waals surface area contributed by atoms with Crippen molar-refractivity contribution >= 4 is 57.0 Å². The molecule has 8 aliphatic heterocycles. The van der Waals surface area contributed by atoms with Crippen molar-refractivity contribution in [1.29, 1.82) is 0 Å². The number of anilines is 2. The van der Waals surface area contributed by atoms with Crippen LogP contribution in [-0.2, 0) is 104 Å². The minimum Gasteiger partial charge on any atom is -0.479 e. The highest BCUT2D eigenvalue weighted by Crippen LogP contribution is 2.43. The number of methoxy groups -OCH3 is 2. The predicted molar refractivity (Wildman–Crippen MR) is 472 cm³/mol. The number of benzene rings is 4. The number of hydrogen-bond acceptors (Lipinski definition) is 48. The topological polar surface area (TPSA) is 787 Å². The van der Waals surface area contributed by atoms with Gasteiger partial charge in [-0.15, -0.1) is 0 Å². The van der Waals surface area contributed by atoms with Crippen molar-refractivity contribution in [1.82, 2.24) is 10.6 Å². The molecule has 1 aliphatic carbocycles. The molecule has 0 radical (unpaired) electrons. The van der Waals surface area contributed by atoms with Crippen molar-refractivity contribution in [2.24, 2.45) is 0 Å². The van der Waals surface area contributed by atoms with E-state index in [1.54, 1.807) is 48.5 Å². The van der Waals surface area contributed by atoms with Crippen molar-refractivity contribution in [2.45, 2.75) is 334 Å². The molecule has 8 saturated heterocycles. The summed E-state index contributed by atoms with van der Waals surface area (Å²) in [5.41, 5.74) is 0.745. The van der Waals surface area contributed by atoms with E-state index < -0.39 is 333 Å². The van der Waals surface area contributed by atoms with E-state index in [1.165, 1.54) is 13.8 Å². The molecule has 0 aromatic heterocycles. The van der Waals surface area contributed by atoms with Crippen LogP contribution < -0.4 is 21.3 Å². The van der Waals surface area contributed by atoms with Crippen LogP contribution in [0.4, 0.5) is 21.0 Å². The first kappa shape index (κ1) is 112. The Morgan fingerprint density at radius 2 is 0.704 bits per heavy atom. The molecule has 46 atom stereocenters. The van der Waals surface area contributed by atoms with Gasteiger partial charge in [-0.3, -0.25) is 0 Å². The van der Waals surface area contributed by atoms with E-state index in [0.29, 0.717) is 37.1 Å². The summed E-state index contributed by atoms with van der Waals surface area (Å²) in [6, 6.07) is 18.4. The molecule has 142 heavy (non-hydrogen) atoms. The lowest BCUT2D eigenvalue weighted by Gasteiger charge is -2.51. The smallest absolute Gasteiger partial charge is 0.407 e. The number of nitrogens with one attached hydrogen (secondary N) is 4. The van der Waals surface area contributed by atoms with Gasteiger partial charge in [0.2, 0.25) is 0 Å². The van der Waals surface area contributed by atoms with Gasteiger partial charge in [0.15, 0.2) is 49.9 Å². The highest BCUT2D eigenvalue weighted by Gasteiger charge is 2.63. The number of alkyl carbamates (subject to hydrolysis) is 2. The maximum atomic E-state index is 13.0. The van der Waals surface area contributed by atoms with Gasteiger partial charge in [-0.25, -0.2) is 19.2 Å². The van der Waals surface area contributed by atoms with E-state index in [-0.39, 0.29) is 51.5 Å². The molecule has 800 valence electrons. The van der Waals surface area contributed by atoms with Crippen LogP contribution in [0.5, 0.6) is 0 Å². The number of aliphatic hydroxyl groups is 22. The summed E-state index contributed by atoms with van der Waals surface area (Å²) in [5, 5.41) is 282. The summed E-state index contributed by atoms with van der Waals surface area (Å²) in [5.74, 6) is -3.79. The first-order valence-corrected chi connectivity index (χ1v) is 46.8. The molecule has 4 aromatic carbocycles. The number of rotatable bonds is 42. The van der Waals surface area contributed by atoms with Crippen molar-refractivity contribution in [2.75, 3.05) is 90.9 Å². The summed E-state index contributed by atoms with van der Waals surface area (Å²) in [4.78, 5) is 51.5. The Kier molecular flexibility index (Phi) is 40.4. The lowest BCUT2D eigenvalue weighted by Crippen LogP contribution is -2.71. The second-order valence-corrected chi connectivity index (χ2v) is 36.3. The number of ether oxygens (including phenoxy) is 20. The third-order valence-corrected chi connectivity index (χ3v) is 26.9. The Hall–Kier alpha value is -7.12. The minimum absolute atomic E-state index is 0.0669. The first-order chi connectivity index (χ1) is 68.0. The van der Waals surface area contributed by atoms with E-state index >= 15 is 0 Å². The molecular weight excluding hydrogens is 1900 g/mol. The fourth-order valence-electron chi connectivity index (χ4n) is 19.1. The van der Waals surface area contributed by atoms with Gasteiger partial charge in [0.25, 0.3) is 0 Å². The lowest BCUT2D eigenvalue weighted by molar-refractivity contribution is -0.375. The highest BCUT2D eigenvalue weighted by molar-refractivity contribution is 5.87. The van der Waals surface area contributed by atoms with Crippen molar-refractivity contribution < 1.29 is 236 Å². The summed E-state index contributed by atoms with van der Waals surface area (Å²) < 4.78 is 122. The average Bonchev–Trinajstić information content (AvgIpc) is 0.761. The van der Waals surface area contributed by atoms with Crippen LogP contribution in [0.25, 0.3) is 21.5 Å². The third-order valence-electron chi connectivity index (χ3n) is 26.9. The molecule has 52 nitrogen and oxygen atoms in total. The number of carboxylic acids is 2. The highest BCUT2D eigenvalue weighted by atomic mass is 16.8. The molecule has 24 unspecified atom stereocenters. The maximum absolute atomic E-state index is 13.0. The molecule has 2 amide bonds. The van der Waals surface area contributed by atoms with Gasteiger partial charge in [0.05, 0.1) is 104 Å². The molecule has 0 spiro atoms. The fraction of sp³-hybridized carbons (Fsp3) is 0.733. The van der Waals surface area contributed by atoms with Crippen LogP contribution in [-0.4, -0.2) is 509 Å². The standard InChI is InChI=1S/C90H132N4O48/c1-35-55(103)63(111)65(113)85(129-35)141-73-53(91-41-20-18-37-12-5-7-14-39(37)26-41)83(133-49(33-99)69(73)139-87-67(115)75(59(107)47(31-97)131-87)137-77-61(109)51(93-89(121)123-3)71(57(105)45(101)29-95)135-79(77)81(117)118)127-24-10-22-125-43-16-9-17-44(28-43)126-23-11-25-128-84-54(92-42-21-19-38-13-6-8-15-40(38)27-42)74(142-86-66(114)64(112)56(104)36(2)130-86)70(50(34-100)134-84)140-88-68(116)76(60(108)48(32-98)132-88)138-78-62(110)52(94-90(122)124-4)72(58(106)46(102)30-96)136-80(78)82(119)120/h5-8,12-15,18-21,26-27,35-36,43-80,83-88,91-92,95-116H,9-11,16-17,22-25,28-34H2,1-4H3,(H,93,121)(H,94,122)(H,117,118)(H,119,120)/t35?,36?,43-,44+,45-,46-,47?,48?,49?,50?,51-,52-,53?,54?,55+,56+,57-,58-,59+,60+,61?,62?,63?,64?,65?,66?,67?,68?,69-,70-,71?,72?,73?,74?,75?,76?,77?,78?,79-,80-,83-,84-,85+,86+,87+,88+/m1/s1. The Morgan fingerprint density at radius 3 is 1.06 bits per heavy atom. The van der Waals surface area contributed by atoms with Gasteiger partial charge in [0, 0.05) is 24.6 Å². The Bertz CT molecular complexity index is 4330. The molecule has 9 aliphatic rings. The number of carbonyl (C=O) groups excluding carboxylic acids is 2. The van der Waals surface area contributed by atoms with Gasteiger partial charge in [-0.1, -0.05) is 60.7 Å². The van der Waals surface area contributed by atoms with Gasteiger partial charge >= 0.3 is 24.1 Å². The molecule has 28 N–H and O–H groups in total. The number of fused-ring (bicyclic) bond motifs is 2. The van der Waals surface area contributed by atoms with Crippen LogP contribution in [0.3, 0.4) is 0 Å². The second-order valence-electron chi connectivity index (χ2n) is 36.3. The average molecular weight is 2040 g/mol. The third kappa shape index (κ3) is 25.9. The number of amides is 2. The lowest BCUT2D eigenvalue weighted by atomic mass is 9.87. The van der Waals surface area contributed by atoms with Gasteiger partial charge in [0.1, 0.15) is 195 Å². The predicted octanol–water partition coefficient (Wildman–Crippen LogP) is -9.27. The van der Waals surface area contributed by atoms with E-state index in [4.69, 9.17) is 85.3 Å². The monoisotopic (exact) mass is 2040 g/mol. The van der Waals surface area contributed by atoms with Gasteiger partial charge < -0.3 is 239 Å². The number of aliphatic hydroxyl groups excluding tert-OH is 22. The van der Waals surface area contributed by atoms with E-state index in [9.17, 15) is 142 Å². The second kappa shape index (κ2) is 51.2. The van der Waals surface area contributed by atoms with E-state index in [0.717, 1.165) is 35.8 Å². The maximum Gasteiger partial charge on any atom is 0.407 e. The summed E-state index contributed by atoms with van der Waals surface area (Å²) in [7, 11) is 1.84.